The van der Waals surface area contributed by atoms with Gasteiger partial charge in [-0.25, -0.2) is 8.42 Å². The monoisotopic (exact) mass is 313 g/mol. The van der Waals surface area contributed by atoms with Crippen molar-refractivity contribution in [2.45, 2.75) is 11.8 Å². The van der Waals surface area contributed by atoms with E-state index in [1.165, 1.54) is 19.1 Å². The maximum atomic E-state index is 11.1. The first-order valence-electron chi connectivity index (χ1n) is 3.63. The van der Waals surface area contributed by atoms with Crippen LogP contribution >= 0.6 is 26.6 Å². The lowest BCUT2D eigenvalue weighted by molar-refractivity contribution is -0.386. The molecule has 8 heteroatoms. The summed E-state index contributed by atoms with van der Waals surface area (Å²) in [7, 11) is 1.13. The molecule has 0 amide bonds. The smallest absolute Gasteiger partial charge is 0.258 e. The van der Waals surface area contributed by atoms with Crippen LogP contribution in [-0.2, 0) is 9.05 Å². The molecular formula is C7H5BrClNO4S. The van der Waals surface area contributed by atoms with Gasteiger partial charge in [-0.2, -0.15) is 0 Å². The minimum Gasteiger partial charge on any atom is -0.258 e. The minimum absolute atomic E-state index is 0.123. The maximum Gasteiger partial charge on any atom is 0.287 e. The second-order valence-corrected chi connectivity index (χ2v) is 6.07. The zero-order valence-corrected chi connectivity index (χ0v) is 10.6. The van der Waals surface area contributed by atoms with Crippen LogP contribution in [-0.4, -0.2) is 13.3 Å². The lowest BCUT2D eigenvalue weighted by Gasteiger charge is -2.03. The number of rotatable bonds is 2. The summed E-state index contributed by atoms with van der Waals surface area (Å²) in [4.78, 5) is 9.69. The third kappa shape index (κ3) is 2.47. The van der Waals surface area contributed by atoms with E-state index < -0.39 is 14.0 Å². The summed E-state index contributed by atoms with van der Waals surface area (Å²) in [5.41, 5.74) is 0.0627. The average molecular weight is 315 g/mol. The van der Waals surface area contributed by atoms with Crippen molar-refractivity contribution in [3.63, 3.8) is 0 Å². The predicted molar refractivity (Wildman–Crippen MR) is 58.6 cm³/mol. The zero-order valence-electron chi connectivity index (χ0n) is 7.40. The zero-order chi connectivity index (χ0) is 11.8. The molecule has 15 heavy (non-hydrogen) atoms. The Morgan fingerprint density at radius 1 is 1.47 bits per heavy atom. The standard InChI is InChI=1S/C7H5BrClNO4S/c1-4-2-3-5(15(9,13)14)6(8)7(4)10(11)12/h2-3H,1H3. The van der Waals surface area contributed by atoms with E-state index in [4.69, 9.17) is 10.7 Å². The fourth-order valence-electron chi connectivity index (χ4n) is 1.06. The highest BCUT2D eigenvalue weighted by Crippen LogP contribution is 2.35. The molecule has 0 spiro atoms. The van der Waals surface area contributed by atoms with E-state index in [-0.39, 0.29) is 15.1 Å². The normalized spacial score (nSPS) is 11.4. The Kier molecular flexibility index (Phi) is 3.37. The number of hydrogen-bond acceptors (Lipinski definition) is 4. The average Bonchev–Trinajstić information content (AvgIpc) is 2.00. The van der Waals surface area contributed by atoms with E-state index in [2.05, 4.69) is 15.9 Å². The van der Waals surface area contributed by atoms with Crippen LogP contribution in [0.5, 0.6) is 0 Å². The van der Waals surface area contributed by atoms with Gasteiger partial charge in [0.1, 0.15) is 9.37 Å². The van der Waals surface area contributed by atoms with Crippen molar-refractivity contribution in [3.05, 3.63) is 32.3 Å². The van der Waals surface area contributed by atoms with Gasteiger partial charge in [0.2, 0.25) is 0 Å². The molecule has 1 rings (SSSR count). The molecule has 1 aromatic rings. The molecule has 0 saturated carbocycles. The Labute approximate surface area is 98.7 Å². The van der Waals surface area contributed by atoms with Gasteiger partial charge in [-0.15, -0.1) is 0 Å². The van der Waals surface area contributed by atoms with E-state index >= 15 is 0 Å². The molecule has 0 atom stereocenters. The number of nitro groups is 1. The lowest BCUT2D eigenvalue weighted by atomic mass is 10.2. The summed E-state index contributed by atoms with van der Waals surface area (Å²) in [5, 5.41) is 10.7. The molecule has 0 unspecified atom stereocenters. The molecule has 82 valence electrons. The number of hydrogen-bond donors (Lipinski definition) is 0. The van der Waals surface area contributed by atoms with Crippen LogP contribution in [0.15, 0.2) is 21.5 Å². The predicted octanol–water partition coefficient (Wildman–Crippen LogP) is 2.59. The summed E-state index contributed by atoms with van der Waals surface area (Å²) < 4.78 is 22.0. The van der Waals surface area contributed by atoms with Crippen LogP contribution in [0.25, 0.3) is 0 Å². The molecule has 1 aromatic carbocycles. The fraction of sp³-hybridized carbons (Fsp3) is 0.143. The van der Waals surface area contributed by atoms with Crippen molar-refractivity contribution in [1.82, 2.24) is 0 Å². The fourth-order valence-corrected chi connectivity index (χ4v) is 3.49. The molecule has 0 aliphatic carbocycles. The van der Waals surface area contributed by atoms with Gasteiger partial charge in [0.25, 0.3) is 14.7 Å². The van der Waals surface area contributed by atoms with Crippen molar-refractivity contribution in [3.8, 4) is 0 Å². The van der Waals surface area contributed by atoms with E-state index in [0.29, 0.717) is 5.56 Å². The van der Waals surface area contributed by atoms with Crippen LogP contribution in [0, 0.1) is 17.0 Å². The molecule has 0 fully saturated rings. The van der Waals surface area contributed by atoms with Crippen LogP contribution in [0.3, 0.4) is 0 Å². The number of nitrogens with zero attached hydrogens (tertiary/aromatic N) is 1. The molecule has 0 aliphatic heterocycles. The van der Waals surface area contributed by atoms with Crippen molar-refractivity contribution in [2.75, 3.05) is 0 Å². The summed E-state index contributed by atoms with van der Waals surface area (Å²) >= 11 is 2.86. The van der Waals surface area contributed by atoms with Gasteiger partial charge in [0, 0.05) is 16.2 Å². The van der Waals surface area contributed by atoms with Gasteiger partial charge in [-0.1, -0.05) is 6.07 Å². The molecular weight excluding hydrogens is 310 g/mol. The molecule has 0 bridgehead atoms. The second kappa shape index (κ2) is 4.07. The maximum absolute atomic E-state index is 11.1. The first-order valence-corrected chi connectivity index (χ1v) is 6.73. The Morgan fingerprint density at radius 3 is 2.40 bits per heavy atom. The topological polar surface area (TPSA) is 77.3 Å². The van der Waals surface area contributed by atoms with Crippen LogP contribution in [0.4, 0.5) is 5.69 Å². The highest BCUT2D eigenvalue weighted by molar-refractivity contribution is 9.10. The van der Waals surface area contributed by atoms with Gasteiger partial charge >= 0.3 is 0 Å². The molecule has 5 nitrogen and oxygen atoms in total. The van der Waals surface area contributed by atoms with Gasteiger partial charge in [-0.05, 0) is 28.9 Å². The Bertz CT molecular complexity index is 528. The first kappa shape index (κ1) is 12.4. The molecule has 0 N–H and O–H groups in total. The SMILES string of the molecule is Cc1ccc(S(=O)(=O)Cl)c(Br)c1[N+](=O)[O-]. The number of benzene rings is 1. The minimum atomic E-state index is -3.99. The molecule has 0 saturated heterocycles. The number of aryl methyl sites for hydroxylation is 1. The second-order valence-electron chi connectivity index (χ2n) is 2.74. The van der Waals surface area contributed by atoms with Crippen molar-refractivity contribution < 1.29 is 13.3 Å². The van der Waals surface area contributed by atoms with Crippen LogP contribution in [0.2, 0.25) is 0 Å². The summed E-state index contributed by atoms with van der Waals surface area (Å²) in [6.07, 6.45) is 0. The van der Waals surface area contributed by atoms with E-state index in [9.17, 15) is 18.5 Å². The molecule has 0 aromatic heterocycles. The van der Waals surface area contributed by atoms with E-state index in [1.807, 2.05) is 0 Å². The molecule has 0 heterocycles. The first-order chi connectivity index (χ1) is 6.75. The van der Waals surface area contributed by atoms with Crippen molar-refractivity contribution in [2.24, 2.45) is 0 Å². The van der Waals surface area contributed by atoms with Crippen LogP contribution in [0.1, 0.15) is 5.56 Å². The number of nitro benzene ring substituents is 1. The highest BCUT2D eigenvalue weighted by Gasteiger charge is 2.24. The van der Waals surface area contributed by atoms with Crippen molar-refractivity contribution in [1.29, 1.82) is 0 Å². The van der Waals surface area contributed by atoms with Gasteiger partial charge in [-0.3, -0.25) is 10.1 Å². The summed E-state index contributed by atoms with van der Waals surface area (Å²) in [6, 6.07) is 2.55. The largest absolute Gasteiger partial charge is 0.287 e. The molecule has 0 aliphatic rings. The molecule has 0 radical (unpaired) electrons. The summed E-state index contributed by atoms with van der Waals surface area (Å²) in [6.45, 7) is 1.51. The third-order valence-corrected chi connectivity index (χ3v) is 4.16. The quantitative estimate of drug-likeness (QED) is 0.477. The third-order valence-electron chi connectivity index (χ3n) is 1.73. The van der Waals surface area contributed by atoms with Gasteiger partial charge in [0.05, 0.1) is 4.92 Å². The number of halogens is 2. The lowest BCUT2D eigenvalue weighted by Crippen LogP contribution is -1.99. The van der Waals surface area contributed by atoms with Crippen LogP contribution < -0.4 is 0 Å². The van der Waals surface area contributed by atoms with Gasteiger partial charge < -0.3 is 0 Å². The Hall–Kier alpha value is -0.660. The van der Waals surface area contributed by atoms with E-state index in [1.54, 1.807) is 0 Å². The van der Waals surface area contributed by atoms with Crippen molar-refractivity contribution >= 4 is 41.4 Å². The Morgan fingerprint density at radius 2 is 2.00 bits per heavy atom. The Balaban J connectivity index is 3.64. The highest BCUT2D eigenvalue weighted by atomic mass is 79.9. The van der Waals surface area contributed by atoms with Gasteiger partial charge in [0.15, 0.2) is 0 Å². The summed E-state index contributed by atoms with van der Waals surface area (Å²) in [5.74, 6) is 0. The van der Waals surface area contributed by atoms with E-state index in [0.717, 1.165) is 0 Å².